The zero-order valence-electron chi connectivity index (χ0n) is 12.0. The highest BCUT2D eigenvalue weighted by Crippen LogP contribution is 2.27. The largest absolute Gasteiger partial charge is 0.425 e. The quantitative estimate of drug-likeness (QED) is 0.281. The van der Waals surface area contributed by atoms with Crippen molar-refractivity contribution in [1.29, 1.82) is 0 Å². The summed E-state index contributed by atoms with van der Waals surface area (Å²) in [5.74, 6) is -1.59. The van der Waals surface area contributed by atoms with Crippen LogP contribution in [0.1, 0.15) is 16.7 Å². The van der Waals surface area contributed by atoms with Crippen molar-refractivity contribution < 1.29 is 22.5 Å². The van der Waals surface area contributed by atoms with Crippen molar-refractivity contribution in [1.82, 2.24) is 0 Å². The van der Waals surface area contributed by atoms with E-state index in [0.29, 0.717) is 18.4 Å². The number of hydrogen-bond donors (Lipinski definition) is 1. The lowest BCUT2D eigenvalue weighted by molar-refractivity contribution is -0.131. The van der Waals surface area contributed by atoms with Crippen LogP contribution in [0.5, 0.6) is 5.75 Å². The van der Waals surface area contributed by atoms with Gasteiger partial charge in [-0.05, 0) is 11.1 Å². The van der Waals surface area contributed by atoms with Crippen molar-refractivity contribution in [2.75, 3.05) is 5.75 Å². The van der Waals surface area contributed by atoms with E-state index in [2.05, 4.69) is 0 Å². The van der Waals surface area contributed by atoms with Crippen molar-refractivity contribution in [3.63, 3.8) is 0 Å². The monoisotopic (exact) mass is 294 g/mol. The van der Waals surface area contributed by atoms with E-state index in [1.54, 1.807) is 0 Å². The highest BCUT2D eigenvalue weighted by molar-refractivity contribution is 7.86. The third-order valence-electron chi connectivity index (χ3n) is 2.99. The average Bonchev–Trinajstić information content (AvgIpc) is 2.36. The molecule has 0 unspecified atom stereocenters. The molecule has 5 nitrogen and oxygen atoms in total. The Morgan fingerprint density at radius 1 is 1.10 bits per heavy atom. The maximum atomic E-state index is 11.6. The molecule has 0 saturated heterocycles. The maximum absolute atomic E-state index is 11.6. The Bertz CT molecular complexity index is 575. The van der Waals surface area contributed by atoms with Crippen LogP contribution in [0.25, 0.3) is 0 Å². The summed E-state index contributed by atoms with van der Waals surface area (Å²) in [6.07, 6.45) is 2.23. The van der Waals surface area contributed by atoms with Crippen LogP contribution in [-0.2, 0) is 33.9 Å². The van der Waals surface area contributed by atoms with Crippen LogP contribution in [0, 0.1) is 0 Å². The van der Waals surface area contributed by atoms with Crippen LogP contribution in [0.3, 0.4) is 0 Å². The van der Waals surface area contributed by atoms with Gasteiger partial charge in [0.2, 0.25) is 0 Å². The van der Waals surface area contributed by atoms with Gasteiger partial charge in [0, 0.05) is 0 Å². The SMILES string of the molecule is BCc1cc(CB)c(OC(=O)CS(=O)(=O)O)c(CB)c1. The molecule has 20 heavy (non-hydrogen) atoms. The van der Waals surface area contributed by atoms with Gasteiger partial charge in [-0.15, -0.1) is 0 Å². The average molecular weight is 294 g/mol. The predicted octanol–water partition coefficient (Wildman–Crippen LogP) is -2.12. The first-order chi connectivity index (χ1) is 9.30. The van der Waals surface area contributed by atoms with Crippen molar-refractivity contribution in [3.05, 3.63) is 28.8 Å². The molecular formula is C11H17B3O5S. The van der Waals surface area contributed by atoms with Crippen molar-refractivity contribution >= 4 is 39.6 Å². The van der Waals surface area contributed by atoms with Crippen LogP contribution in [0.4, 0.5) is 0 Å². The first kappa shape index (κ1) is 16.8. The van der Waals surface area contributed by atoms with Gasteiger partial charge in [-0.2, -0.15) is 8.42 Å². The van der Waals surface area contributed by atoms with Gasteiger partial charge < -0.3 is 4.74 Å². The summed E-state index contributed by atoms with van der Waals surface area (Å²) in [5.41, 5.74) is 2.88. The minimum Gasteiger partial charge on any atom is -0.425 e. The van der Waals surface area contributed by atoms with Crippen molar-refractivity contribution in [2.45, 2.75) is 19.0 Å². The lowest BCUT2D eigenvalue weighted by Crippen LogP contribution is -2.21. The lowest BCUT2D eigenvalue weighted by Gasteiger charge is -2.15. The zero-order chi connectivity index (χ0) is 15.3. The molecule has 1 aromatic carbocycles. The Morgan fingerprint density at radius 2 is 1.60 bits per heavy atom. The number of esters is 1. The van der Waals surface area contributed by atoms with E-state index in [9.17, 15) is 13.2 Å². The third-order valence-corrected chi connectivity index (χ3v) is 3.59. The third kappa shape index (κ3) is 4.72. The van der Waals surface area contributed by atoms with E-state index in [0.717, 1.165) is 23.0 Å². The summed E-state index contributed by atoms with van der Waals surface area (Å²) < 4.78 is 35.2. The highest BCUT2D eigenvalue weighted by Gasteiger charge is 2.18. The molecule has 0 aromatic heterocycles. The van der Waals surface area contributed by atoms with Gasteiger partial charge in [-0.25, -0.2) is 0 Å². The first-order valence-corrected chi connectivity index (χ1v) is 8.22. The Labute approximate surface area is 122 Å². The predicted molar refractivity (Wildman–Crippen MR) is 85.2 cm³/mol. The first-order valence-electron chi connectivity index (χ1n) is 6.61. The van der Waals surface area contributed by atoms with Crippen molar-refractivity contribution in [3.8, 4) is 5.75 Å². The molecular weight excluding hydrogens is 277 g/mol. The summed E-state index contributed by atoms with van der Waals surface area (Å²) in [7, 11) is 1.55. The molecule has 0 spiro atoms. The summed E-state index contributed by atoms with van der Waals surface area (Å²) in [5, 5.41) is 0. The van der Waals surface area contributed by atoms with Gasteiger partial charge in [-0.1, -0.05) is 36.7 Å². The molecule has 1 rings (SSSR count). The standard InChI is InChI=1S/C11H17B3O5S/c12-3-7-1-8(4-13)11(9(2-7)5-14)19-10(15)6-20(16,17)18/h1-2H,3-6,12-14H2,(H,16,17,18). The second-order valence-corrected chi connectivity index (χ2v) is 5.96. The molecule has 9 heteroatoms. The van der Waals surface area contributed by atoms with Gasteiger partial charge in [-0.3, -0.25) is 9.35 Å². The fourth-order valence-electron chi connectivity index (χ4n) is 1.98. The molecule has 0 amide bonds. The lowest BCUT2D eigenvalue weighted by atomic mass is 9.85. The van der Waals surface area contributed by atoms with Crippen LogP contribution in [-0.4, -0.2) is 48.2 Å². The Hall–Kier alpha value is -1.21. The second-order valence-electron chi connectivity index (χ2n) is 4.50. The van der Waals surface area contributed by atoms with Crippen molar-refractivity contribution in [2.24, 2.45) is 0 Å². The summed E-state index contributed by atoms with van der Waals surface area (Å²) in [6.45, 7) is 0. The minimum atomic E-state index is -4.37. The number of hydrogen-bond acceptors (Lipinski definition) is 4. The Morgan fingerprint density at radius 3 is 1.95 bits per heavy atom. The Balaban J connectivity index is 3.13. The van der Waals surface area contributed by atoms with Gasteiger partial charge in [0.1, 0.15) is 29.3 Å². The molecule has 0 aliphatic heterocycles. The Kier molecular flexibility index (Phi) is 5.89. The van der Waals surface area contributed by atoms with Crippen LogP contribution in [0.2, 0.25) is 0 Å². The van der Waals surface area contributed by atoms with E-state index in [1.165, 1.54) is 0 Å². The molecule has 106 valence electrons. The maximum Gasteiger partial charge on any atom is 0.329 e. The smallest absolute Gasteiger partial charge is 0.329 e. The zero-order valence-corrected chi connectivity index (χ0v) is 12.8. The molecule has 0 aliphatic carbocycles. The molecule has 0 atom stereocenters. The fourth-order valence-corrected chi connectivity index (χ4v) is 2.34. The van der Waals surface area contributed by atoms with E-state index in [4.69, 9.17) is 9.29 Å². The van der Waals surface area contributed by atoms with E-state index >= 15 is 0 Å². The van der Waals surface area contributed by atoms with Gasteiger partial charge in [0.05, 0.1) is 0 Å². The molecule has 0 aliphatic rings. The van der Waals surface area contributed by atoms with E-state index in [-0.39, 0.29) is 0 Å². The van der Waals surface area contributed by atoms with E-state index in [1.807, 2.05) is 35.7 Å². The molecule has 0 heterocycles. The number of rotatable bonds is 6. The summed E-state index contributed by atoms with van der Waals surface area (Å²) >= 11 is 0. The molecule has 0 saturated carbocycles. The minimum absolute atomic E-state index is 0.417. The number of ether oxygens (including phenoxy) is 1. The number of benzene rings is 1. The topological polar surface area (TPSA) is 80.7 Å². The van der Waals surface area contributed by atoms with E-state index < -0.39 is 21.8 Å². The van der Waals surface area contributed by atoms with Crippen LogP contribution >= 0.6 is 0 Å². The number of carbonyl (C=O) groups excluding carboxylic acids is 1. The second kappa shape index (κ2) is 6.99. The summed E-state index contributed by atoms with van der Waals surface area (Å²) in [4.78, 5) is 11.6. The van der Waals surface area contributed by atoms with Gasteiger partial charge >= 0.3 is 5.97 Å². The summed E-state index contributed by atoms with van der Waals surface area (Å²) in [6, 6.07) is 3.91. The molecule has 0 bridgehead atoms. The van der Waals surface area contributed by atoms with Gasteiger partial charge in [0.15, 0.2) is 5.75 Å². The highest BCUT2D eigenvalue weighted by atomic mass is 32.2. The molecule has 1 aromatic rings. The molecule has 0 radical (unpaired) electrons. The number of carbonyl (C=O) groups is 1. The fraction of sp³-hybridized carbons (Fsp3) is 0.364. The molecule has 0 fully saturated rings. The van der Waals surface area contributed by atoms with Gasteiger partial charge in [0.25, 0.3) is 10.1 Å². The van der Waals surface area contributed by atoms with Crippen LogP contribution in [0.15, 0.2) is 12.1 Å². The molecule has 1 N–H and O–H groups in total. The van der Waals surface area contributed by atoms with Crippen LogP contribution < -0.4 is 4.74 Å². The normalized spacial score (nSPS) is 11.2.